The van der Waals surface area contributed by atoms with Gasteiger partial charge in [-0.2, -0.15) is 0 Å². The van der Waals surface area contributed by atoms with Gasteiger partial charge in [0, 0.05) is 18.8 Å². The summed E-state index contributed by atoms with van der Waals surface area (Å²) >= 11 is 3.65. The van der Waals surface area contributed by atoms with E-state index < -0.39 is 0 Å². The normalized spacial score (nSPS) is 15.9. The SMILES string of the molecule is CCSc1nc2ccc(N3CCCC3)cc2s1. The maximum absolute atomic E-state index is 4.63. The number of anilines is 1. The number of thiazole rings is 1. The molecule has 1 aliphatic heterocycles. The lowest BCUT2D eigenvalue weighted by atomic mass is 10.3. The second-order valence-electron chi connectivity index (χ2n) is 4.26. The first kappa shape index (κ1) is 11.4. The fourth-order valence-electron chi connectivity index (χ4n) is 2.25. The third-order valence-corrected chi connectivity index (χ3v) is 5.13. The van der Waals surface area contributed by atoms with Crippen LogP contribution in [0.3, 0.4) is 0 Å². The van der Waals surface area contributed by atoms with Crippen LogP contribution in [0.5, 0.6) is 0 Å². The van der Waals surface area contributed by atoms with Crippen molar-refractivity contribution < 1.29 is 0 Å². The van der Waals surface area contributed by atoms with Crippen LogP contribution in [0.25, 0.3) is 10.2 Å². The van der Waals surface area contributed by atoms with Crippen molar-refractivity contribution in [3.8, 4) is 0 Å². The predicted molar refractivity (Wildman–Crippen MR) is 77.5 cm³/mol. The Balaban J connectivity index is 1.94. The summed E-state index contributed by atoms with van der Waals surface area (Å²) in [4.78, 5) is 7.11. The number of hydrogen-bond donors (Lipinski definition) is 0. The molecule has 2 aromatic rings. The molecule has 0 aliphatic carbocycles. The molecule has 90 valence electrons. The maximum atomic E-state index is 4.63. The minimum atomic E-state index is 1.10. The summed E-state index contributed by atoms with van der Waals surface area (Å²) in [5, 5.41) is 0. The van der Waals surface area contributed by atoms with Crippen molar-refractivity contribution in [2.24, 2.45) is 0 Å². The Labute approximate surface area is 110 Å². The van der Waals surface area contributed by atoms with E-state index >= 15 is 0 Å². The van der Waals surface area contributed by atoms with Crippen LogP contribution in [0.15, 0.2) is 22.5 Å². The van der Waals surface area contributed by atoms with Crippen LogP contribution < -0.4 is 4.90 Å². The standard InChI is InChI=1S/C13H16N2S2/c1-2-16-13-14-11-6-5-10(9-12(11)17-13)15-7-3-4-8-15/h5-6,9H,2-4,7-8H2,1H3. The van der Waals surface area contributed by atoms with Gasteiger partial charge in [0.25, 0.3) is 0 Å². The number of fused-ring (bicyclic) bond motifs is 1. The third kappa shape index (κ3) is 2.29. The lowest BCUT2D eigenvalue weighted by Gasteiger charge is -2.16. The molecule has 0 amide bonds. The van der Waals surface area contributed by atoms with E-state index in [1.165, 1.54) is 40.7 Å². The van der Waals surface area contributed by atoms with Gasteiger partial charge < -0.3 is 4.90 Å². The lowest BCUT2D eigenvalue weighted by Crippen LogP contribution is -2.17. The first-order valence-electron chi connectivity index (χ1n) is 6.15. The van der Waals surface area contributed by atoms with Gasteiger partial charge in [0.05, 0.1) is 10.2 Å². The van der Waals surface area contributed by atoms with E-state index in [0.29, 0.717) is 0 Å². The van der Waals surface area contributed by atoms with Gasteiger partial charge in [0.15, 0.2) is 4.34 Å². The molecule has 4 heteroatoms. The predicted octanol–water partition coefficient (Wildman–Crippen LogP) is 4.01. The monoisotopic (exact) mass is 264 g/mol. The summed E-state index contributed by atoms with van der Waals surface area (Å²) in [5.41, 5.74) is 2.51. The van der Waals surface area contributed by atoms with Crippen LogP contribution in [0.4, 0.5) is 5.69 Å². The molecule has 17 heavy (non-hydrogen) atoms. The molecule has 1 saturated heterocycles. The maximum Gasteiger partial charge on any atom is 0.151 e. The lowest BCUT2D eigenvalue weighted by molar-refractivity contribution is 0.949. The highest BCUT2D eigenvalue weighted by Gasteiger charge is 2.13. The van der Waals surface area contributed by atoms with Gasteiger partial charge in [-0.05, 0) is 36.8 Å². The molecule has 2 nitrogen and oxygen atoms in total. The highest BCUT2D eigenvalue weighted by molar-refractivity contribution is 8.01. The molecule has 2 heterocycles. The van der Waals surface area contributed by atoms with E-state index in [2.05, 4.69) is 35.0 Å². The van der Waals surface area contributed by atoms with Gasteiger partial charge in [0.2, 0.25) is 0 Å². The van der Waals surface area contributed by atoms with E-state index in [4.69, 9.17) is 0 Å². The minimum absolute atomic E-state index is 1.10. The Morgan fingerprint density at radius 2 is 2.18 bits per heavy atom. The van der Waals surface area contributed by atoms with Crippen LogP contribution in [-0.4, -0.2) is 23.8 Å². The van der Waals surface area contributed by atoms with E-state index in [-0.39, 0.29) is 0 Å². The van der Waals surface area contributed by atoms with E-state index in [9.17, 15) is 0 Å². The summed E-state index contributed by atoms with van der Waals surface area (Å²) in [7, 11) is 0. The van der Waals surface area contributed by atoms with Crippen molar-refractivity contribution in [2.45, 2.75) is 24.1 Å². The largest absolute Gasteiger partial charge is 0.371 e. The average Bonchev–Trinajstić information content (AvgIpc) is 2.96. The molecule has 0 radical (unpaired) electrons. The Morgan fingerprint density at radius 1 is 1.35 bits per heavy atom. The molecule has 1 aromatic heterocycles. The van der Waals surface area contributed by atoms with Crippen LogP contribution in [-0.2, 0) is 0 Å². The Hall–Kier alpha value is -0.740. The van der Waals surface area contributed by atoms with Gasteiger partial charge in [-0.25, -0.2) is 4.98 Å². The van der Waals surface area contributed by atoms with Crippen molar-refractivity contribution in [1.29, 1.82) is 0 Å². The molecular formula is C13H16N2S2. The fourth-order valence-corrected chi connectivity index (χ4v) is 4.25. The fraction of sp³-hybridized carbons (Fsp3) is 0.462. The highest BCUT2D eigenvalue weighted by Crippen LogP contribution is 2.32. The zero-order valence-corrected chi connectivity index (χ0v) is 11.6. The van der Waals surface area contributed by atoms with Gasteiger partial charge in [0.1, 0.15) is 0 Å². The number of thioether (sulfide) groups is 1. The Morgan fingerprint density at radius 3 is 2.94 bits per heavy atom. The second kappa shape index (κ2) is 4.86. The molecular weight excluding hydrogens is 248 g/mol. The molecule has 1 aliphatic rings. The number of nitrogens with zero attached hydrogens (tertiary/aromatic N) is 2. The molecule has 0 unspecified atom stereocenters. The van der Waals surface area contributed by atoms with Crippen molar-refractivity contribution in [1.82, 2.24) is 4.98 Å². The van der Waals surface area contributed by atoms with Crippen molar-refractivity contribution in [3.63, 3.8) is 0 Å². The second-order valence-corrected chi connectivity index (χ2v) is 6.80. The number of rotatable bonds is 3. The van der Waals surface area contributed by atoms with Gasteiger partial charge >= 0.3 is 0 Å². The summed E-state index contributed by atoms with van der Waals surface area (Å²) in [6, 6.07) is 6.69. The third-order valence-electron chi connectivity index (χ3n) is 3.09. The Bertz CT molecular complexity index is 515. The first-order valence-corrected chi connectivity index (χ1v) is 7.95. The average molecular weight is 264 g/mol. The topological polar surface area (TPSA) is 16.1 Å². The van der Waals surface area contributed by atoms with Crippen LogP contribution in [0.2, 0.25) is 0 Å². The molecule has 3 rings (SSSR count). The van der Waals surface area contributed by atoms with Crippen molar-refractivity contribution >= 4 is 39.0 Å². The Kier molecular flexibility index (Phi) is 3.25. The summed E-state index contributed by atoms with van der Waals surface area (Å²) < 4.78 is 2.52. The van der Waals surface area contributed by atoms with Crippen molar-refractivity contribution in [3.05, 3.63) is 18.2 Å². The minimum Gasteiger partial charge on any atom is -0.371 e. The first-order chi connectivity index (χ1) is 8.36. The molecule has 1 aromatic carbocycles. The summed E-state index contributed by atoms with van der Waals surface area (Å²) in [6.45, 7) is 4.59. The quantitative estimate of drug-likeness (QED) is 0.779. The van der Waals surface area contributed by atoms with Gasteiger partial charge in [-0.1, -0.05) is 18.7 Å². The van der Waals surface area contributed by atoms with E-state index in [1.54, 1.807) is 0 Å². The number of benzene rings is 1. The number of hydrogen-bond acceptors (Lipinski definition) is 4. The van der Waals surface area contributed by atoms with Crippen LogP contribution in [0.1, 0.15) is 19.8 Å². The molecule has 0 bridgehead atoms. The summed E-state index contributed by atoms with van der Waals surface area (Å²) in [5.74, 6) is 1.10. The summed E-state index contributed by atoms with van der Waals surface area (Å²) in [6.07, 6.45) is 2.66. The molecule has 0 spiro atoms. The van der Waals surface area contributed by atoms with Gasteiger partial charge in [-0.3, -0.25) is 0 Å². The van der Waals surface area contributed by atoms with E-state index in [1.807, 2.05) is 23.1 Å². The smallest absolute Gasteiger partial charge is 0.151 e. The zero-order valence-electron chi connectivity index (χ0n) is 9.98. The number of aromatic nitrogens is 1. The molecule has 1 fully saturated rings. The molecule has 0 saturated carbocycles. The van der Waals surface area contributed by atoms with E-state index in [0.717, 1.165) is 11.3 Å². The highest BCUT2D eigenvalue weighted by atomic mass is 32.2. The molecule has 0 N–H and O–H groups in total. The van der Waals surface area contributed by atoms with Gasteiger partial charge in [-0.15, -0.1) is 11.3 Å². The zero-order chi connectivity index (χ0) is 11.7. The van der Waals surface area contributed by atoms with Crippen LogP contribution >= 0.6 is 23.1 Å². The molecule has 0 atom stereocenters. The van der Waals surface area contributed by atoms with Crippen LogP contribution in [0, 0.1) is 0 Å². The van der Waals surface area contributed by atoms with Crippen molar-refractivity contribution in [2.75, 3.05) is 23.7 Å².